The fourth-order valence-electron chi connectivity index (χ4n) is 7.40. The lowest BCUT2D eigenvalue weighted by atomic mass is 9.82. The highest BCUT2D eigenvalue weighted by molar-refractivity contribution is 6.10. The summed E-state index contributed by atoms with van der Waals surface area (Å²) >= 11 is 0. The molecule has 0 saturated carbocycles. The van der Waals surface area contributed by atoms with Gasteiger partial charge in [0.05, 0.1) is 11.4 Å². The number of aromatic nitrogens is 1. The fourth-order valence-corrected chi connectivity index (χ4v) is 7.40. The highest BCUT2D eigenvalue weighted by Gasteiger charge is 2.36. The first-order valence-corrected chi connectivity index (χ1v) is 16.1. The van der Waals surface area contributed by atoms with Crippen LogP contribution in [0.2, 0.25) is 0 Å². The van der Waals surface area contributed by atoms with Gasteiger partial charge < -0.3 is 9.32 Å². The van der Waals surface area contributed by atoms with E-state index < -0.39 is 0 Å². The zero-order valence-corrected chi connectivity index (χ0v) is 26.3. The van der Waals surface area contributed by atoms with Gasteiger partial charge in [-0.15, -0.1) is 0 Å². The van der Waals surface area contributed by atoms with Crippen molar-refractivity contribution < 1.29 is 4.42 Å². The van der Waals surface area contributed by atoms with Gasteiger partial charge in [-0.25, -0.2) is 4.98 Å². The van der Waals surface area contributed by atoms with Crippen molar-refractivity contribution in [2.45, 2.75) is 19.3 Å². The molecule has 0 spiro atoms. The maximum atomic E-state index is 6.50. The van der Waals surface area contributed by atoms with E-state index >= 15 is 0 Å². The van der Waals surface area contributed by atoms with Gasteiger partial charge in [-0.2, -0.15) is 0 Å². The first kappa shape index (κ1) is 27.4. The predicted molar refractivity (Wildman–Crippen MR) is 195 cm³/mol. The topological polar surface area (TPSA) is 29.3 Å². The summed E-state index contributed by atoms with van der Waals surface area (Å²) in [6.07, 6.45) is 0. The van der Waals surface area contributed by atoms with Crippen molar-refractivity contribution in [3.8, 4) is 33.7 Å². The van der Waals surface area contributed by atoms with Crippen LogP contribution in [0.25, 0.3) is 55.6 Å². The molecule has 8 aromatic rings. The molecule has 224 valence electrons. The number of hydrogen-bond acceptors (Lipinski definition) is 3. The smallest absolute Gasteiger partial charge is 0.227 e. The number of rotatable bonds is 5. The van der Waals surface area contributed by atoms with Crippen molar-refractivity contribution in [1.82, 2.24) is 4.98 Å². The van der Waals surface area contributed by atoms with E-state index in [4.69, 9.17) is 9.40 Å². The van der Waals surface area contributed by atoms with Crippen molar-refractivity contribution in [1.29, 1.82) is 0 Å². The molecule has 0 unspecified atom stereocenters. The van der Waals surface area contributed by atoms with E-state index in [9.17, 15) is 0 Å². The van der Waals surface area contributed by atoms with E-state index in [-0.39, 0.29) is 5.41 Å². The third-order valence-corrected chi connectivity index (χ3v) is 9.71. The van der Waals surface area contributed by atoms with Gasteiger partial charge in [0.1, 0.15) is 5.52 Å². The number of nitrogens with zero attached hydrogens (tertiary/aromatic N) is 2. The minimum atomic E-state index is -0.120. The summed E-state index contributed by atoms with van der Waals surface area (Å²) in [7, 11) is 0. The van der Waals surface area contributed by atoms with Crippen LogP contribution >= 0.6 is 0 Å². The van der Waals surface area contributed by atoms with E-state index in [0.717, 1.165) is 44.5 Å². The van der Waals surface area contributed by atoms with Gasteiger partial charge in [0, 0.05) is 33.0 Å². The van der Waals surface area contributed by atoms with Gasteiger partial charge in [-0.05, 0) is 76.3 Å². The Labute approximate surface area is 274 Å². The number of hydrogen-bond donors (Lipinski definition) is 0. The van der Waals surface area contributed by atoms with Gasteiger partial charge in [-0.1, -0.05) is 123 Å². The number of fused-ring (bicyclic) bond motifs is 6. The molecule has 0 bridgehead atoms. The van der Waals surface area contributed by atoms with Crippen LogP contribution in [0.4, 0.5) is 17.1 Å². The van der Waals surface area contributed by atoms with Gasteiger partial charge in [0.25, 0.3) is 0 Å². The highest BCUT2D eigenvalue weighted by Crippen LogP contribution is 2.52. The van der Waals surface area contributed by atoms with Crippen LogP contribution in [0, 0.1) is 0 Å². The number of oxazole rings is 1. The average Bonchev–Trinajstić information content (AvgIpc) is 3.67. The van der Waals surface area contributed by atoms with Gasteiger partial charge in [0.15, 0.2) is 5.58 Å². The zero-order chi connectivity index (χ0) is 31.5. The molecule has 1 heterocycles. The highest BCUT2D eigenvalue weighted by atomic mass is 16.3. The lowest BCUT2D eigenvalue weighted by molar-refractivity contribution is 0.623. The lowest BCUT2D eigenvalue weighted by Gasteiger charge is -2.30. The Balaban J connectivity index is 1.30. The Kier molecular flexibility index (Phi) is 6.16. The average molecular weight is 605 g/mol. The molecule has 47 heavy (non-hydrogen) atoms. The van der Waals surface area contributed by atoms with Gasteiger partial charge in [-0.3, -0.25) is 0 Å². The summed E-state index contributed by atoms with van der Waals surface area (Å²) in [6, 6.07) is 56.0. The summed E-state index contributed by atoms with van der Waals surface area (Å²) in [4.78, 5) is 7.29. The van der Waals surface area contributed by atoms with E-state index in [1.54, 1.807) is 0 Å². The maximum absolute atomic E-state index is 6.50. The third-order valence-electron chi connectivity index (χ3n) is 9.71. The maximum Gasteiger partial charge on any atom is 0.227 e. The van der Waals surface area contributed by atoms with Crippen LogP contribution in [0.3, 0.4) is 0 Å². The van der Waals surface area contributed by atoms with E-state index in [1.165, 1.54) is 33.4 Å². The van der Waals surface area contributed by atoms with E-state index in [0.29, 0.717) is 5.89 Å². The van der Waals surface area contributed by atoms with Crippen LogP contribution in [-0.4, -0.2) is 4.98 Å². The van der Waals surface area contributed by atoms with Crippen LogP contribution in [0.1, 0.15) is 25.0 Å². The second kappa shape index (κ2) is 10.6. The van der Waals surface area contributed by atoms with Crippen molar-refractivity contribution >= 4 is 38.9 Å². The number of anilines is 3. The monoisotopic (exact) mass is 604 g/mol. The largest absolute Gasteiger partial charge is 0.435 e. The molecule has 0 N–H and O–H groups in total. The fraction of sp³-hybridized carbons (Fsp3) is 0.0682. The van der Waals surface area contributed by atoms with E-state index in [2.05, 4.69) is 146 Å². The molecule has 0 aliphatic heterocycles. The van der Waals surface area contributed by atoms with Crippen molar-refractivity contribution in [2.24, 2.45) is 0 Å². The second-order valence-corrected chi connectivity index (χ2v) is 12.8. The van der Waals surface area contributed by atoms with Crippen molar-refractivity contribution in [3.63, 3.8) is 0 Å². The number of benzene rings is 7. The second-order valence-electron chi connectivity index (χ2n) is 12.8. The molecule has 3 heteroatoms. The molecule has 1 aliphatic carbocycles. The third kappa shape index (κ3) is 4.31. The van der Waals surface area contributed by atoms with Crippen LogP contribution in [0.15, 0.2) is 162 Å². The Morgan fingerprint density at radius 1 is 0.511 bits per heavy atom. The summed E-state index contributed by atoms with van der Waals surface area (Å²) < 4.78 is 6.50. The summed E-state index contributed by atoms with van der Waals surface area (Å²) in [5.41, 5.74) is 13.5. The molecule has 0 radical (unpaired) electrons. The molecule has 1 aliphatic rings. The Morgan fingerprint density at radius 3 is 1.98 bits per heavy atom. The van der Waals surface area contributed by atoms with Crippen molar-refractivity contribution in [3.05, 3.63) is 169 Å². The molecule has 1 aromatic heterocycles. The first-order valence-electron chi connectivity index (χ1n) is 16.1. The van der Waals surface area contributed by atoms with Crippen LogP contribution < -0.4 is 4.90 Å². The molecule has 0 fully saturated rings. The van der Waals surface area contributed by atoms with Crippen molar-refractivity contribution in [2.75, 3.05) is 4.90 Å². The zero-order valence-electron chi connectivity index (χ0n) is 26.3. The molecule has 9 rings (SSSR count). The predicted octanol–water partition coefficient (Wildman–Crippen LogP) is 12.1. The minimum absolute atomic E-state index is 0.120. The lowest BCUT2D eigenvalue weighted by Crippen LogP contribution is -2.17. The van der Waals surface area contributed by atoms with Gasteiger partial charge in [0.2, 0.25) is 5.89 Å². The molecule has 0 saturated heterocycles. The molecule has 0 amide bonds. The summed E-state index contributed by atoms with van der Waals surface area (Å²) in [5, 5.41) is 2.13. The Morgan fingerprint density at radius 2 is 1.17 bits per heavy atom. The molecule has 3 nitrogen and oxygen atoms in total. The minimum Gasteiger partial charge on any atom is -0.435 e. The molecular weight excluding hydrogens is 572 g/mol. The van der Waals surface area contributed by atoms with Gasteiger partial charge >= 0.3 is 0 Å². The normalized spacial score (nSPS) is 13.1. The summed E-state index contributed by atoms with van der Waals surface area (Å²) in [6.45, 7) is 4.68. The molecular formula is C44H32N2O. The number of para-hydroxylation sites is 1. The van der Waals surface area contributed by atoms with Crippen LogP contribution in [-0.2, 0) is 5.41 Å². The Bertz CT molecular complexity index is 2440. The first-order chi connectivity index (χ1) is 23.1. The standard InChI is InChI=1S/C44H32N2O/c1-44(2)37-21-11-9-19-33(37)34-25-24-31(28-38(34)44)46(40-22-12-10-18-32(40)29-14-5-3-6-15-29)41-23-13-20-36-35(41)26-27-39-42(36)47-43(45-39)30-16-7-4-8-17-30/h3-28H,1-2H3. The quantitative estimate of drug-likeness (QED) is 0.196. The van der Waals surface area contributed by atoms with Crippen LogP contribution in [0.5, 0.6) is 0 Å². The van der Waals surface area contributed by atoms with E-state index in [1.807, 2.05) is 30.3 Å². The summed E-state index contributed by atoms with van der Waals surface area (Å²) in [5.74, 6) is 0.630. The Hall–Kier alpha value is -5.93. The molecule has 7 aromatic carbocycles. The SMILES string of the molecule is CC1(C)c2ccccc2-c2ccc(N(c3ccccc3-c3ccccc3)c3cccc4c3ccc3nc(-c5ccccc5)oc34)cc21. The molecule has 0 atom stereocenters.